The summed E-state index contributed by atoms with van der Waals surface area (Å²) in [6.45, 7) is 4.59. The van der Waals surface area contributed by atoms with Crippen LogP contribution in [-0.4, -0.2) is 31.6 Å². The minimum Gasteiger partial charge on any atom is -0.463 e. The van der Waals surface area contributed by atoms with Crippen molar-refractivity contribution >= 4 is 11.9 Å². The summed E-state index contributed by atoms with van der Waals surface area (Å²) in [6, 6.07) is 2.89. The van der Waals surface area contributed by atoms with Gasteiger partial charge < -0.3 is 14.5 Å². The molecule has 1 aromatic heterocycles. The molecule has 1 rings (SSSR count). The Balaban J connectivity index is 2.46. The fourth-order valence-corrected chi connectivity index (χ4v) is 1.36. The number of nitrogens with one attached hydrogen (secondary N) is 2. The second kappa shape index (κ2) is 6.80. The number of carbonyl (C=O) groups excluding carboxylic acids is 2. The number of methoxy groups -OCH3 is 1. The molecule has 100 valence electrons. The van der Waals surface area contributed by atoms with Gasteiger partial charge in [-0.2, -0.15) is 0 Å². The van der Waals surface area contributed by atoms with E-state index >= 15 is 0 Å². The molecule has 0 aromatic carbocycles. The molecule has 6 heteroatoms. The van der Waals surface area contributed by atoms with E-state index in [0.29, 0.717) is 18.8 Å². The van der Waals surface area contributed by atoms with Gasteiger partial charge in [-0.05, 0) is 26.0 Å². The van der Waals surface area contributed by atoms with Gasteiger partial charge in [0.15, 0.2) is 0 Å². The molecule has 0 saturated heterocycles. The van der Waals surface area contributed by atoms with Crippen molar-refractivity contribution in [3.63, 3.8) is 0 Å². The number of rotatable bonds is 6. The van der Waals surface area contributed by atoms with E-state index in [2.05, 4.69) is 15.4 Å². The molecule has 1 aromatic rings. The number of ether oxygens (including phenoxy) is 1. The van der Waals surface area contributed by atoms with Gasteiger partial charge in [-0.15, -0.1) is 0 Å². The largest absolute Gasteiger partial charge is 0.463 e. The standard InChI is InChI=1S/C12H18N2O4/c1-4-13-11(15)8(2)14-7-9-5-6-10(18-9)12(16)17-3/h5-6,8,14H,4,7H2,1-3H3,(H,13,15). The zero-order valence-corrected chi connectivity index (χ0v) is 10.8. The van der Waals surface area contributed by atoms with Crippen molar-refractivity contribution in [3.05, 3.63) is 23.7 Å². The summed E-state index contributed by atoms with van der Waals surface area (Å²) in [7, 11) is 1.29. The van der Waals surface area contributed by atoms with Gasteiger partial charge in [0.1, 0.15) is 5.76 Å². The van der Waals surface area contributed by atoms with Crippen LogP contribution in [-0.2, 0) is 16.1 Å². The molecule has 1 atom stereocenters. The first kappa shape index (κ1) is 14.2. The van der Waals surface area contributed by atoms with Gasteiger partial charge in [-0.25, -0.2) is 4.79 Å². The lowest BCUT2D eigenvalue weighted by Gasteiger charge is -2.11. The Hall–Kier alpha value is -1.82. The molecular formula is C12H18N2O4. The van der Waals surface area contributed by atoms with E-state index in [1.807, 2.05) is 6.92 Å². The maximum Gasteiger partial charge on any atom is 0.373 e. The third-order valence-corrected chi connectivity index (χ3v) is 2.38. The topological polar surface area (TPSA) is 80.6 Å². The number of hydrogen-bond donors (Lipinski definition) is 2. The molecule has 0 spiro atoms. The van der Waals surface area contributed by atoms with Crippen molar-refractivity contribution in [2.24, 2.45) is 0 Å². The number of likely N-dealkylation sites (N-methyl/N-ethyl adjacent to an activating group) is 1. The zero-order valence-electron chi connectivity index (χ0n) is 10.8. The van der Waals surface area contributed by atoms with Crippen molar-refractivity contribution in [1.29, 1.82) is 0 Å². The molecule has 1 amide bonds. The van der Waals surface area contributed by atoms with Gasteiger partial charge in [0.25, 0.3) is 0 Å². The van der Waals surface area contributed by atoms with E-state index in [9.17, 15) is 9.59 Å². The third kappa shape index (κ3) is 3.89. The van der Waals surface area contributed by atoms with Crippen LogP contribution in [0.2, 0.25) is 0 Å². The van der Waals surface area contributed by atoms with Crippen LogP contribution in [0.5, 0.6) is 0 Å². The monoisotopic (exact) mass is 254 g/mol. The lowest BCUT2D eigenvalue weighted by Crippen LogP contribution is -2.41. The fourth-order valence-electron chi connectivity index (χ4n) is 1.36. The highest BCUT2D eigenvalue weighted by Gasteiger charge is 2.14. The average molecular weight is 254 g/mol. The minimum absolute atomic E-state index is 0.0720. The number of amides is 1. The van der Waals surface area contributed by atoms with E-state index in [1.54, 1.807) is 19.1 Å². The molecule has 0 aliphatic heterocycles. The first-order valence-electron chi connectivity index (χ1n) is 5.76. The molecule has 0 fully saturated rings. The number of esters is 1. The van der Waals surface area contributed by atoms with Gasteiger partial charge in [0.05, 0.1) is 19.7 Å². The predicted octanol–water partition coefficient (Wildman–Crippen LogP) is 0.680. The van der Waals surface area contributed by atoms with Gasteiger partial charge in [0.2, 0.25) is 11.7 Å². The lowest BCUT2D eigenvalue weighted by atomic mass is 10.3. The Kier molecular flexibility index (Phi) is 5.38. The van der Waals surface area contributed by atoms with Crippen molar-refractivity contribution in [2.45, 2.75) is 26.4 Å². The predicted molar refractivity (Wildman–Crippen MR) is 65.0 cm³/mol. The molecule has 0 aliphatic rings. The lowest BCUT2D eigenvalue weighted by molar-refractivity contribution is -0.122. The van der Waals surface area contributed by atoms with Crippen molar-refractivity contribution in [3.8, 4) is 0 Å². The number of carbonyl (C=O) groups is 2. The molecule has 1 unspecified atom stereocenters. The average Bonchev–Trinajstić information content (AvgIpc) is 2.84. The number of hydrogen-bond acceptors (Lipinski definition) is 5. The van der Waals surface area contributed by atoms with Crippen LogP contribution >= 0.6 is 0 Å². The highest BCUT2D eigenvalue weighted by Crippen LogP contribution is 2.08. The van der Waals surface area contributed by atoms with Crippen LogP contribution in [0.4, 0.5) is 0 Å². The van der Waals surface area contributed by atoms with E-state index in [4.69, 9.17) is 4.42 Å². The van der Waals surface area contributed by atoms with Crippen LogP contribution in [0.3, 0.4) is 0 Å². The Morgan fingerprint density at radius 2 is 2.17 bits per heavy atom. The maximum atomic E-state index is 11.4. The fraction of sp³-hybridized carbons (Fsp3) is 0.500. The summed E-state index contributed by atoms with van der Waals surface area (Å²) in [5, 5.41) is 5.70. The van der Waals surface area contributed by atoms with Crippen LogP contribution in [0, 0.1) is 0 Å². The second-order valence-corrected chi connectivity index (χ2v) is 3.75. The molecule has 18 heavy (non-hydrogen) atoms. The highest BCUT2D eigenvalue weighted by molar-refractivity contribution is 5.86. The quantitative estimate of drug-likeness (QED) is 0.730. The van der Waals surface area contributed by atoms with Crippen LogP contribution in [0.25, 0.3) is 0 Å². The first-order valence-corrected chi connectivity index (χ1v) is 5.76. The van der Waals surface area contributed by atoms with Crippen LogP contribution in [0.1, 0.15) is 30.2 Å². The summed E-state index contributed by atoms with van der Waals surface area (Å²) < 4.78 is 9.79. The van der Waals surface area contributed by atoms with Crippen molar-refractivity contribution < 1.29 is 18.7 Å². The molecule has 0 aliphatic carbocycles. The first-order chi connectivity index (χ1) is 8.58. The van der Waals surface area contributed by atoms with Gasteiger partial charge in [0, 0.05) is 6.54 Å². The van der Waals surface area contributed by atoms with E-state index in [-0.39, 0.29) is 17.7 Å². The summed E-state index contributed by atoms with van der Waals surface area (Å²) in [5.74, 6) is 0.141. The molecule has 0 saturated carbocycles. The van der Waals surface area contributed by atoms with Crippen molar-refractivity contribution in [2.75, 3.05) is 13.7 Å². The van der Waals surface area contributed by atoms with E-state index < -0.39 is 5.97 Å². The van der Waals surface area contributed by atoms with Gasteiger partial charge in [-0.1, -0.05) is 0 Å². The Labute approximate surface area is 106 Å². The van der Waals surface area contributed by atoms with E-state index in [0.717, 1.165) is 0 Å². The maximum absolute atomic E-state index is 11.4. The molecule has 1 heterocycles. The van der Waals surface area contributed by atoms with Gasteiger partial charge >= 0.3 is 5.97 Å². The third-order valence-electron chi connectivity index (χ3n) is 2.38. The summed E-state index contributed by atoms with van der Waals surface area (Å²) in [5.41, 5.74) is 0. The minimum atomic E-state index is -0.516. The number of furan rings is 1. The Morgan fingerprint density at radius 1 is 1.44 bits per heavy atom. The molecule has 0 bridgehead atoms. The SMILES string of the molecule is CCNC(=O)C(C)NCc1ccc(C(=O)OC)o1. The zero-order chi connectivity index (χ0) is 13.5. The second-order valence-electron chi connectivity index (χ2n) is 3.75. The molecular weight excluding hydrogens is 236 g/mol. The van der Waals surface area contributed by atoms with Crippen molar-refractivity contribution in [1.82, 2.24) is 10.6 Å². The van der Waals surface area contributed by atoms with Crippen LogP contribution in [0.15, 0.2) is 16.5 Å². The van der Waals surface area contributed by atoms with Crippen LogP contribution < -0.4 is 10.6 Å². The molecule has 2 N–H and O–H groups in total. The smallest absolute Gasteiger partial charge is 0.373 e. The normalized spacial score (nSPS) is 11.9. The summed E-state index contributed by atoms with van der Waals surface area (Å²) >= 11 is 0. The Bertz CT molecular complexity index is 414. The molecule has 0 radical (unpaired) electrons. The van der Waals surface area contributed by atoms with Gasteiger partial charge in [-0.3, -0.25) is 10.1 Å². The molecule has 6 nitrogen and oxygen atoms in total. The summed E-state index contributed by atoms with van der Waals surface area (Å²) in [6.07, 6.45) is 0. The Morgan fingerprint density at radius 3 is 2.78 bits per heavy atom. The van der Waals surface area contributed by atoms with E-state index in [1.165, 1.54) is 7.11 Å². The summed E-state index contributed by atoms with van der Waals surface area (Å²) in [4.78, 5) is 22.6. The highest BCUT2D eigenvalue weighted by atomic mass is 16.5.